The van der Waals surface area contributed by atoms with Gasteiger partial charge in [-0.25, -0.2) is 4.98 Å². The number of carbonyl (C=O) groups is 1. The van der Waals surface area contributed by atoms with E-state index in [0.29, 0.717) is 22.7 Å². The van der Waals surface area contributed by atoms with Gasteiger partial charge in [-0.2, -0.15) is 5.26 Å². The smallest absolute Gasteiger partial charge is 0.246 e. The molecule has 0 spiro atoms. The SMILES string of the molecule is Cc1nc2cc(NC(C)C(=O)Nc3cccc(C#N)c3)ccc2o1. The molecule has 6 nitrogen and oxygen atoms in total. The number of aryl methyl sites for hydroxylation is 1. The Balaban J connectivity index is 1.69. The van der Waals surface area contributed by atoms with Crippen molar-refractivity contribution in [3.8, 4) is 6.07 Å². The average molecular weight is 320 g/mol. The molecule has 1 heterocycles. The van der Waals surface area contributed by atoms with Crippen LogP contribution >= 0.6 is 0 Å². The molecule has 0 aliphatic carbocycles. The summed E-state index contributed by atoms with van der Waals surface area (Å²) >= 11 is 0. The van der Waals surface area contributed by atoms with Gasteiger partial charge < -0.3 is 15.1 Å². The zero-order chi connectivity index (χ0) is 17.1. The maximum absolute atomic E-state index is 12.3. The molecule has 24 heavy (non-hydrogen) atoms. The van der Waals surface area contributed by atoms with Crippen molar-refractivity contribution >= 4 is 28.4 Å². The van der Waals surface area contributed by atoms with E-state index in [0.717, 1.165) is 11.2 Å². The zero-order valence-corrected chi connectivity index (χ0v) is 13.3. The third-order valence-corrected chi connectivity index (χ3v) is 3.53. The standard InChI is InChI=1S/C18H16N4O2/c1-11(18(23)22-14-5-3-4-13(8-14)10-19)20-15-6-7-17-16(9-15)21-12(2)24-17/h3-9,11,20H,1-2H3,(H,22,23). The number of oxazole rings is 1. The van der Waals surface area contributed by atoms with Crippen LogP contribution < -0.4 is 10.6 Å². The first-order chi connectivity index (χ1) is 11.5. The number of amides is 1. The van der Waals surface area contributed by atoms with E-state index in [4.69, 9.17) is 9.68 Å². The Morgan fingerprint density at radius 2 is 2.08 bits per heavy atom. The van der Waals surface area contributed by atoms with E-state index in [1.165, 1.54) is 0 Å². The van der Waals surface area contributed by atoms with Crippen molar-refractivity contribution in [2.75, 3.05) is 10.6 Å². The molecule has 6 heteroatoms. The Bertz CT molecular complexity index is 940. The van der Waals surface area contributed by atoms with Gasteiger partial charge in [-0.1, -0.05) is 6.07 Å². The van der Waals surface area contributed by atoms with E-state index in [1.807, 2.05) is 24.3 Å². The van der Waals surface area contributed by atoms with Gasteiger partial charge >= 0.3 is 0 Å². The number of hydrogen-bond acceptors (Lipinski definition) is 5. The maximum atomic E-state index is 12.3. The minimum atomic E-state index is -0.457. The predicted molar refractivity (Wildman–Crippen MR) is 91.6 cm³/mol. The molecule has 0 fully saturated rings. The minimum Gasteiger partial charge on any atom is -0.441 e. The summed E-state index contributed by atoms with van der Waals surface area (Å²) in [6.45, 7) is 3.56. The average Bonchev–Trinajstić information content (AvgIpc) is 2.94. The third kappa shape index (κ3) is 3.36. The molecule has 2 N–H and O–H groups in total. The van der Waals surface area contributed by atoms with E-state index in [-0.39, 0.29) is 5.91 Å². The van der Waals surface area contributed by atoms with Gasteiger partial charge in [0.2, 0.25) is 5.91 Å². The van der Waals surface area contributed by atoms with Crippen LogP contribution in [0, 0.1) is 18.3 Å². The van der Waals surface area contributed by atoms with Crippen molar-refractivity contribution in [1.82, 2.24) is 4.98 Å². The summed E-state index contributed by atoms with van der Waals surface area (Å²) in [6.07, 6.45) is 0. The first-order valence-electron chi connectivity index (χ1n) is 7.50. The van der Waals surface area contributed by atoms with E-state index in [2.05, 4.69) is 15.6 Å². The van der Waals surface area contributed by atoms with Crippen molar-refractivity contribution < 1.29 is 9.21 Å². The minimum absolute atomic E-state index is 0.193. The maximum Gasteiger partial charge on any atom is 0.246 e. The highest BCUT2D eigenvalue weighted by Crippen LogP contribution is 2.20. The summed E-state index contributed by atoms with van der Waals surface area (Å²) in [5.74, 6) is 0.409. The fourth-order valence-corrected chi connectivity index (χ4v) is 2.36. The summed E-state index contributed by atoms with van der Waals surface area (Å²) in [7, 11) is 0. The van der Waals surface area contributed by atoms with Crippen LogP contribution in [-0.2, 0) is 4.79 Å². The molecule has 0 aliphatic heterocycles. The molecular formula is C18H16N4O2. The Morgan fingerprint density at radius 1 is 1.25 bits per heavy atom. The lowest BCUT2D eigenvalue weighted by Gasteiger charge is -2.15. The van der Waals surface area contributed by atoms with E-state index >= 15 is 0 Å². The van der Waals surface area contributed by atoms with Crippen LogP contribution in [0.15, 0.2) is 46.9 Å². The highest BCUT2D eigenvalue weighted by Gasteiger charge is 2.14. The quantitative estimate of drug-likeness (QED) is 0.768. The van der Waals surface area contributed by atoms with E-state index < -0.39 is 6.04 Å². The van der Waals surface area contributed by atoms with Gasteiger partial charge in [0.05, 0.1) is 11.6 Å². The van der Waals surface area contributed by atoms with Crippen molar-refractivity contribution in [1.29, 1.82) is 5.26 Å². The molecule has 3 rings (SSSR count). The second-order valence-electron chi connectivity index (χ2n) is 5.46. The number of rotatable bonds is 4. The number of nitriles is 1. The van der Waals surface area contributed by atoms with Crippen molar-refractivity contribution in [3.05, 3.63) is 53.9 Å². The molecule has 1 amide bonds. The highest BCUT2D eigenvalue weighted by atomic mass is 16.3. The van der Waals surface area contributed by atoms with E-state index in [1.54, 1.807) is 38.1 Å². The van der Waals surface area contributed by atoms with Crippen LogP contribution in [0.4, 0.5) is 11.4 Å². The van der Waals surface area contributed by atoms with Crippen LogP contribution in [0.3, 0.4) is 0 Å². The number of hydrogen-bond donors (Lipinski definition) is 2. The molecular weight excluding hydrogens is 304 g/mol. The lowest BCUT2D eigenvalue weighted by Crippen LogP contribution is -2.31. The molecule has 1 aromatic heterocycles. The Morgan fingerprint density at radius 3 is 2.88 bits per heavy atom. The Labute approximate surface area is 139 Å². The number of aromatic nitrogens is 1. The second-order valence-corrected chi connectivity index (χ2v) is 5.46. The second kappa shape index (κ2) is 6.42. The summed E-state index contributed by atoms with van der Waals surface area (Å²) in [5.41, 5.74) is 3.33. The van der Waals surface area contributed by atoms with Gasteiger partial charge in [0.25, 0.3) is 0 Å². The topological polar surface area (TPSA) is 91.0 Å². The summed E-state index contributed by atoms with van der Waals surface area (Å²) in [6, 6.07) is 13.9. The molecule has 0 saturated heterocycles. The highest BCUT2D eigenvalue weighted by molar-refractivity contribution is 5.96. The van der Waals surface area contributed by atoms with Crippen LogP contribution in [0.1, 0.15) is 18.4 Å². The normalized spacial score (nSPS) is 11.7. The molecule has 120 valence electrons. The lowest BCUT2D eigenvalue weighted by molar-refractivity contribution is -0.116. The number of fused-ring (bicyclic) bond motifs is 1. The summed E-state index contributed by atoms with van der Waals surface area (Å²) in [5, 5.41) is 14.8. The van der Waals surface area contributed by atoms with Crippen molar-refractivity contribution in [2.24, 2.45) is 0 Å². The fraction of sp³-hybridized carbons (Fsp3) is 0.167. The molecule has 3 aromatic rings. The van der Waals surface area contributed by atoms with Crippen LogP contribution in [0.5, 0.6) is 0 Å². The molecule has 1 atom stereocenters. The van der Waals surface area contributed by atoms with Gasteiger partial charge in [-0.3, -0.25) is 4.79 Å². The first-order valence-corrected chi connectivity index (χ1v) is 7.50. The van der Waals surface area contributed by atoms with Gasteiger partial charge in [-0.15, -0.1) is 0 Å². The molecule has 0 aliphatic rings. The molecule has 2 aromatic carbocycles. The predicted octanol–water partition coefficient (Wildman–Crippen LogP) is 3.45. The zero-order valence-electron chi connectivity index (χ0n) is 13.3. The van der Waals surface area contributed by atoms with Crippen LogP contribution in [-0.4, -0.2) is 16.9 Å². The first kappa shape index (κ1) is 15.6. The number of nitrogens with zero attached hydrogens (tertiary/aromatic N) is 2. The number of benzene rings is 2. The molecule has 0 bridgehead atoms. The van der Waals surface area contributed by atoms with Crippen LogP contribution in [0.2, 0.25) is 0 Å². The Kier molecular flexibility index (Phi) is 4.17. The molecule has 1 unspecified atom stereocenters. The number of carbonyl (C=O) groups excluding carboxylic acids is 1. The van der Waals surface area contributed by atoms with Crippen molar-refractivity contribution in [3.63, 3.8) is 0 Å². The van der Waals surface area contributed by atoms with Crippen molar-refractivity contribution in [2.45, 2.75) is 19.9 Å². The van der Waals surface area contributed by atoms with Gasteiger partial charge in [0.1, 0.15) is 11.6 Å². The monoisotopic (exact) mass is 320 g/mol. The fourth-order valence-electron chi connectivity index (χ4n) is 2.36. The number of nitrogens with one attached hydrogen (secondary N) is 2. The van der Waals surface area contributed by atoms with Gasteiger partial charge in [0, 0.05) is 18.3 Å². The summed E-state index contributed by atoms with van der Waals surface area (Å²) in [4.78, 5) is 16.6. The Hall–Kier alpha value is -3.33. The third-order valence-electron chi connectivity index (χ3n) is 3.53. The number of anilines is 2. The molecule has 0 saturated carbocycles. The largest absolute Gasteiger partial charge is 0.441 e. The lowest BCUT2D eigenvalue weighted by atomic mass is 10.2. The van der Waals surface area contributed by atoms with Crippen LogP contribution in [0.25, 0.3) is 11.1 Å². The van der Waals surface area contributed by atoms with E-state index in [9.17, 15) is 4.79 Å². The van der Waals surface area contributed by atoms with Gasteiger partial charge in [-0.05, 0) is 43.3 Å². The molecule has 0 radical (unpaired) electrons. The summed E-state index contributed by atoms with van der Waals surface area (Å²) < 4.78 is 5.43. The van der Waals surface area contributed by atoms with Gasteiger partial charge in [0.15, 0.2) is 11.5 Å².